The summed E-state index contributed by atoms with van der Waals surface area (Å²) in [4.78, 5) is 23.4. The van der Waals surface area contributed by atoms with E-state index in [4.69, 9.17) is 4.74 Å². The zero-order chi connectivity index (χ0) is 15.4. The number of carbonyl (C=O) groups is 2. The summed E-state index contributed by atoms with van der Waals surface area (Å²) in [7, 11) is 0. The molecule has 0 bridgehead atoms. The molecule has 6 nitrogen and oxygen atoms in total. The first-order valence-electron chi connectivity index (χ1n) is 6.59. The van der Waals surface area contributed by atoms with Gasteiger partial charge in [-0.2, -0.15) is 0 Å². The molecule has 1 aromatic heterocycles. The zero-order valence-corrected chi connectivity index (χ0v) is 11.5. The lowest BCUT2D eigenvalue weighted by molar-refractivity contribution is -0.119. The van der Waals surface area contributed by atoms with Crippen LogP contribution in [0.15, 0.2) is 59.3 Å². The number of nitrogens with one attached hydrogen (secondary N) is 1. The number of rotatable bonds is 4. The number of nitrogens with zero attached hydrogens (tertiary/aromatic N) is 1. The Kier molecular flexibility index (Phi) is 3.82. The third-order valence-electron chi connectivity index (χ3n) is 3.04. The highest BCUT2D eigenvalue weighted by Gasteiger charge is 2.14. The van der Waals surface area contributed by atoms with Crippen LogP contribution < -0.4 is 5.32 Å². The van der Waals surface area contributed by atoms with Crippen LogP contribution in [0, 0.1) is 0 Å². The number of anilines is 1. The number of esters is 1. The van der Waals surface area contributed by atoms with Gasteiger partial charge < -0.3 is 14.6 Å². The lowest BCUT2D eigenvalue weighted by Gasteiger charge is -2.08. The Hall–Kier alpha value is -3.15. The van der Waals surface area contributed by atoms with Crippen molar-refractivity contribution in [2.24, 2.45) is 0 Å². The molecular formula is C16H12N2O4. The van der Waals surface area contributed by atoms with Crippen LogP contribution in [0.25, 0.3) is 10.8 Å². The molecule has 2 aromatic carbocycles. The van der Waals surface area contributed by atoms with E-state index in [1.165, 1.54) is 12.3 Å². The highest BCUT2D eigenvalue weighted by Crippen LogP contribution is 2.22. The topological polar surface area (TPSA) is 81.4 Å². The molecule has 0 aliphatic heterocycles. The summed E-state index contributed by atoms with van der Waals surface area (Å²) in [6, 6.07) is 14.6. The number of fused-ring (bicyclic) bond motifs is 1. The van der Waals surface area contributed by atoms with Crippen LogP contribution >= 0.6 is 0 Å². The molecule has 3 rings (SSSR count). The van der Waals surface area contributed by atoms with Crippen molar-refractivity contribution in [1.29, 1.82) is 0 Å². The first-order chi connectivity index (χ1) is 10.7. The Morgan fingerprint density at radius 3 is 2.73 bits per heavy atom. The lowest BCUT2D eigenvalue weighted by atomic mass is 10.1. The van der Waals surface area contributed by atoms with E-state index in [1.807, 2.05) is 36.4 Å². The maximum atomic E-state index is 11.9. The summed E-state index contributed by atoms with van der Waals surface area (Å²) in [5, 5.41) is 8.05. The van der Waals surface area contributed by atoms with Gasteiger partial charge in [-0.15, -0.1) is 0 Å². The SMILES string of the molecule is O=C(COC(=O)c1ccno1)Nc1cccc2ccccc12. The predicted molar refractivity (Wildman–Crippen MR) is 79.4 cm³/mol. The van der Waals surface area contributed by atoms with E-state index in [2.05, 4.69) is 15.0 Å². The van der Waals surface area contributed by atoms with Gasteiger partial charge in [-0.05, 0) is 11.5 Å². The van der Waals surface area contributed by atoms with Gasteiger partial charge in [-0.25, -0.2) is 4.79 Å². The Labute approximate surface area is 125 Å². The summed E-state index contributed by atoms with van der Waals surface area (Å²) in [5.41, 5.74) is 0.666. The average Bonchev–Trinajstić information content (AvgIpc) is 3.07. The molecule has 0 saturated carbocycles. The summed E-state index contributed by atoms with van der Waals surface area (Å²) in [6.07, 6.45) is 1.33. The molecular weight excluding hydrogens is 284 g/mol. The minimum atomic E-state index is -0.731. The molecule has 0 aliphatic rings. The van der Waals surface area contributed by atoms with E-state index in [9.17, 15) is 9.59 Å². The summed E-state index contributed by atoms with van der Waals surface area (Å²) in [6.45, 7) is -0.400. The number of hydrogen-bond acceptors (Lipinski definition) is 5. The first kappa shape index (κ1) is 13.8. The minimum absolute atomic E-state index is 0.0436. The van der Waals surface area contributed by atoms with Crippen LogP contribution in [0.2, 0.25) is 0 Å². The highest BCUT2D eigenvalue weighted by atomic mass is 16.6. The van der Waals surface area contributed by atoms with Crippen molar-refractivity contribution in [3.8, 4) is 0 Å². The number of amides is 1. The molecule has 0 spiro atoms. The van der Waals surface area contributed by atoms with Crippen molar-refractivity contribution < 1.29 is 18.8 Å². The predicted octanol–water partition coefficient (Wildman–Crippen LogP) is 2.62. The van der Waals surface area contributed by atoms with Gasteiger partial charge >= 0.3 is 5.97 Å². The number of hydrogen-bond donors (Lipinski definition) is 1. The Bertz CT molecular complexity index is 807. The van der Waals surface area contributed by atoms with E-state index in [0.29, 0.717) is 5.69 Å². The van der Waals surface area contributed by atoms with Gasteiger partial charge in [0.1, 0.15) is 0 Å². The average molecular weight is 296 g/mol. The molecule has 110 valence electrons. The maximum absolute atomic E-state index is 11.9. The van der Waals surface area contributed by atoms with E-state index in [0.717, 1.165) is 10.8 Å². The fourth-order valence-corrected chi connectivity index (χ4v) is 2.04. The highest BCUT2D eigenvalue weighted by molar-refractivity contribution is 6.03. The third-order valence-corrected chi connectivity index (χ3v) is 3.04. The van der Waals surface area contributed by atoms with Crippen molar-refractivity contribution in [1.82, 2.24) is 5.16 Å². The van der Waals surface area contributed by atoms with Gasteiger partial charge in [-0.3, -0.25) is 4.79 Å². The van der Waals surface area contributed by atoms with Crippen LogP contribution in [0.4, 0.5) is 5.69 Å². The monoisotopic (exact) mass is 296 g/mol. The van der Waals surface area contributed by atoms with Gasteiger partial charge in [0.05, 0.1) is 6.20 Å². The molecule has 0 fully saturated rings. The summed E-state index contributed by atoms with van der Waals surface area (Å²) >= 11 is 0. The molecule has 0 saturated heterocycles. The molecule has 1 heterocycles. The van der Waals surface area contributed by atoms with Crippen molar-refractivity contribution >= 4 is 28.3 Å². The maximum Gasteiger partial charge on any atom is 0.377 e. The second-order valence-electron chi connectivity index (χ2n) is 4.53. The van der Waals surface area contributed by atoms with Gasteiger partial charge in [0, 0.05) is 17.1 Å². The number of aromatic nitrogens is 1. The van der Waals surface area contributed by atoms with Crippen LogP contribution in [-0.2, 0) is 9.53 Å². The van der Waals surface area contributed by atoms with Crippen molar-refractivity contribution in [3.63, 3.8) is 0 Å². The van der Waals surface area contributed by atoms with E-state index < -0.39 is 18.5 Å². The smallest absolute Gasteiger partial charge is 0.377 e. The van der Waals surface area contributed by atoms with E-state index >= 15 is 0 Å². The fraction of sp³-hybridized carbons (Fsp3) is 0.0625. The number of benzene rings is 2. The van der Waals surface area contributed by atoms with Crippen LogP contribution in [0.1, 0.15) is 10.6 Å². The van der Waals surface area contributed by atoms with Crippen molar-refractivity contribution in [2.45, 2.75) is 0 Å². The quantitative estimate of drug-likeness (QED) is 0.748. The molecule has 1 amide bonds. The normalized spacial score (nSPS) is 10.4. The van der Waals surface area contributed by atoms with Gasteiger partial charge in [0.15, 0.2) is 6.61 Å². The standard InChI is InChI=1S/C16H12N2O4/c19-15(10-21-16(20)14-8-9-17-22-14)18-13-7-3-5-11-4-1-2-6-12(11)13/h1-9H,10H2,(H,18,19). The van der Waals surface area contributed by atoms with Crippen molar-refractivity contribution in [2.75, 3.05) is 11.9 Å². The Morgan fingerprint density at radius 2 is 1.91 bits per heavy atom. The number of ether oxygens (including phenoxy) is 1. The molecule has 3 aromatic rings. The molecule has 6 heteroatoms. The Morgan fingerprint density at radius 1 is 1.09 bits per heavy atom. The Balaban J connectivity index is 1.65. The van der Waals surface area contributed by atoms with E-state index in [1.54, 1.807) is 6.07 Å². The van der Waals surface area contributed by atoms with E-state index in [-0.39, 0.29) is 5.76 Å². The van der Waals surface area contributed by atoms with Gasteiger partial charge in [0.25, 0.3) is 5.91 Å². The molecule has 0 radical (unpaired) electrons. The fourth-order valence-electron chi connectivity index (χ4n) is 2.04. The zero-order valence-electron chi connectivity index (χ0n) is 11.5. The van der Waals surface area contributed by atoms with Gasteiger partial charge in [0.2, 0.25) is 5.76 Å². The van der Waals surface area contributed by atoms with Crippen LogP contribution in [-0.4, -0.2) is 23.6 Å². The minimum Gasteiger partial charge on any atom is -0.450 e. The third kappa shape index (κ3) is 2.95. The largest absolute Gasteiger partial charge is 0.450 e. The second kappa shape index (κ2) is 6.09. The van der Waals surface area contributed by atoms with Crippen LogP contribution in [0.3, 0.4) is 0 Å². The lowest BCUT2D eigenvalue weighted by Crippen LogP contribution is -2.20. The molecule has 0 aliphatic carbocycles. The summed E-state index contributed by atoms with van der Waals surface area (Å²) in [5.74, 6) is -1.20. The summed E-state index contributed by atoms with van der Waals surface area (Å²) < 4.78 is 9.50. The first-order valence-corrected chi connectivity index (χ1v) is 6.59. The van der Waals surface area contributed by atoms with Crippen molar-refractivity contribution in [3.05, 3.63) is 60.5 Å². The van der Waals surface area contributed by atoms with Gasteiger partial charge in [-0.1, -0.05) is 41.6 Å². The molecule has 22 heavy (non-hydrogen) atoms. The molecule has 1 N–H and O–H groups in total. The second-order valence-corrected chi connectivity index (χ2v) is 4.53. The number of carbonyl (C=O) groups excluding carboxylic acids is 2. The molecule has 0 atom stereocenters. The van der Waals surface area contributed by atoms with Crippen LogP contribution in [0.5, 0.6) is 0 Å². The molecule has 0 unspecified atom stereocenters.